The molecule has 0 aromatic heterocycles. The van der Waals surface area contributed by atoms with Crippen LogP contribution in [-0.4, -0.2) is 20.1 Å². The lowest BCUT2D eigenvalue weighted by atomic mass is 10.1. The number of nitrogens with one attached hydrogen (secondary N) is 1. The first kappa shape index (κ1) is 17.0. The average Bonchev–Trinajstić information content (AvgIpc) is 2.38. The fourth-order valence-corrected chi connectivity index (χ4v) is 2.48. The van der Waals surface area contributed by atoms with Crippen molar-refractivity contribution in [2.75, 3.05) is 25.0 Å². The Kier molecular flexibility index (Phi) is 7.68. The van der Waals surface area contributed by atoms with Crippen molar-refractivity contribution >= 4 is 5.69 Å². The number of hydrogen-bond donors (Lipinski definition) is 1. The maximum Gasteiger partial charge on any atom is 0.0393 e. The summed E-state index contributed by atoms with van der Waals surface area (Å²) in [6.45, 7) is 12.2. The minimum Gasteiger partial charge on any atom is -0.374 e. The normalized spacial score (nSPS) is 11.1. The molecule has 0 saturated heterocycles. The van der Waals surface area contributed by atoms with E-state index < -0.39 is 0 Å². The summed E-state index contributed by atoms with van der Waals surface area (Å²) in [7, 11) is 2.20. The maximum atomic E-state index is 3.51. The Labute approximate surface area is 125 Å². The molecule has 2 nitrogen and oxygen atoms in total. The van der Waals surface area contributed by atoms with Gasteiger partial charge in [-0.3, -0.25) is 0 Å². The Bertz CT molecular complexity index is 385. The standard InChI is InChI=1S/C18H32N2/c1-6-7-8-11-20(5)18-10-9-17(12-16(18)4)14-19-13-15(2)3/h9-10,12,15,19H,6-8,11,13-14H2,1-5H3. The van der Waals surface area contributed by atoms with E-state index in [2.05, 4.69) is 63.2 Å². The molecule has 1 aromatic rings. The van der Waals surface area contributed by atoms with Gasteiger partial charge in [0.15, 0.2) is 0 Å². The minimum absolute atomic E-state index is 0.708. The second-order valence-corrected chi connectivity index (χ2v) is 6.27. The van der Waals surface area contributed by atoms with Crippen molar-refractivity contribution in [3.8, 4) is 0 Å². The minimum atomic E-state index is 0.708. The Balaban J connectivity index is 2.54. The van der Waals surface area contributed by atoms with Gasteiger partial charge in [-0.25, -0.2) is 0 Å². The smallest absolute Gasteiger partial charge is 0.0393 e. The van der Waals surface area contributed by atoms with Crippen LogP contribution < -0.4 is 10.2 Å². The third kappa shape index (κ3) is 5.96. The van der Waals surface area contributed by atoms with Crippen molar-refractivity contribution in [1.82, 2.24) is 5.32 Å². The van der Waals surface area contributed by atoms with Gasteiger partial charge in [0.2, 0.25) is 0 Å². The van der Waals surface area contributed by atoms with E-state index in [9.17, 15) is 0 Å². The van der Waals surface area contributed by atoms with E-state index in [1.165, 1.54) is 36.1 Å². The first-order valence-corrected chi connectivity index (χ1v) is 8.06. The van der Waals surface area contributed by atoms with Crippen molar-refractivity contribution in [3.05, 3.63) is 29.3 Å². The zero-order chi connectivity index (χ0) is 15.0. The molecule has 0 fully saturated rings. The van der Waals surface area contributed by atoms with Gasteiger partial charge in [-0.2, -0.15) is 0 Å². The molecule has 0 saturated carbocycles. The predicted octanol–water partition coefficient (Wildman–Crippen LogP) is 4.37. The van der Waals surface area contributed by atoms with Gasteiger partial charge in [0, 0.05) is 25.8 Å². The van der Waals surface area contributed by atoms with Crippen molar-refractivity contribution in [2.45, 2.75) is 53.5 Å². The zero-order valence-corrected chi connectivity index (χ0v) is 14.0. The third-order valence-corrected chi connectivity index (χ3v) is 3.65. The zero-order valence-electron chi connectivity index (χ0n) is 14.0. The van der Waals surface area contributed by atoms with Crippen molar-refractivity contribution < 1.29 is 0 Å². The monoisotopic (exact) mass is 276 g/mol. The lowest BCUT2D eigenvalue weighted by Crippen LogP contribution is -2.21. The quantitative estimate of drug-likeness (QED) is 0.674. The molecule has 0 aliphatic carbocycles. The van der Waals surface area contributed by atoms with Crippen molar-refractivity contribution in [3.63, 3.8) is 0 Å². The highest BCUT2D eigenvalue weighted by Crippen LogP contribution is 2.20. The van der Waals surface area contributed by atoms with Crippen LogP contribution in [0.2, 0.25) is 0 Å². The van der Waals surface area contributed by atoms with Gasteiger partial charge in [-0.05, 0) is 43.0 Å². The van der Waals surface area contributed by atoms with Crippen molar-refractivity contribution in [2.24, 2.45) is 5.92 Å². The van der Waals surface area contributed by atoms with Crippen LogP contribution in [0.3, 0.4) is 0 Å². The van der Waals surface area contributed by atoms with Gasteiger partial charge in [0.1, 0.15) is 0 Å². The summed E-state index contributed by atoms with van der Waals surface area (Å²) in [5.74, 6) is 0.708. The molecule has 1 N–H and O–H groups in total. The molecular formula is C18H32N2. The van der Waals surface area contributed by atoms with Crippen LogP contribution >= 0.6 is 0 Å². The van der Waals surface area contributed by atoms with E-state index in [0.29, 0.717) is 5.92 Å². The Morgan fingerprint density at radius 3 is 2.55 bits per heavy atom. The number of unbranched alkanes of at least 4 members (excludes halogenated alkanes) is 2. The highest BCUT2D eigenvalue weighted by atomic mass is 15.1. The molecule has 20 heavy (non-hydrogen) atoms. The molecule has 0 aliphatic heterocycles. The van der Waals surface area contributed by atoms with Gasteiger partial charge in [0.25, 0.3) is 0 Å². The number of benzene rings is 1. The van der Waals surface area contributed by atoms with E-state index in [-0.39, 0.29) is 0 Å². The molecule has 1 rings (SSSR count). The van der Waals surface area contributed by atoms with E-state index in [0.717, 1.165) is 19.6 Å². The number of rotatable bonds is 9. The second kappa shape index (κ2) is 9.02. The van der Waals surface area contributed by atoms with E-state index >= 15 is 0 Å². The molecule has 0 spiro atoms. The summed E-state index contributed by atoms with van der Waals surface area (Å²) in [6.07, 6.45) is 3.89. The summed E-state index contributed by atoms with van der Waals surface area (Å²) in [5.41, 5.74) is 4.13. The topological polar surface area (TPSA) is 15.3 Å². The molecule has 0 unspecified atom stereocenters. The number of anilines is 1. The van der Waals surface area contributed by atoms with Gasteiger partial charge in [-0.15, -0.1) is 0 Å². The SMILES string of the molecule is CCCCCN(C)c1ccc(CNCC(C)C)cc1C. The first-order valence-electron chi connectivity index (χ1n) is 8.06. The fourth-order valence-electron chi connectivity index (χ4n) is 2.48. The molecule has 0 amide bonds. The summed E-state index contributed by atoms with van der Waals surface area (Å²) >= 11 is 0. The van der Waals surface area contributed by atoms with E-state index in [1.54, 1.807) is 0 Å². The Hall–Kier alpha value is -1.02. The maximum absolute atomic E-state index is 3.51. The predicted molar refractivity (Wildman–Crippen MR) is 90.5 cm³/mol. The van der Waals surface area contributed by atoms with Crippen molar-refractivity contribution in [1.29, 1.82) is 0 Å². The second-order valence-electron chi connectivity index (χ2n) is 6.27. The van der Waals surface area contributed by atoms with Gasteiger partial charge in [-0.1, -0.05) is 45.7 Å². The fraction of sp³-hybridized carbons (Fsp3) is 0.667. The van der Waals surface area contributed by atoms with Crippen LogP contribution in [0, 0.1) is 12.8 Å². The third-order valence-electron chi connectivity index (χ3n) is 3.65. The molecule has 0 aliphatic rings. The molecular weight excluding hydrogens is 244 g/mol. The molecule has 0 bridgehead atoms. The lowest BCUT2D eigenvalue weighted by Gasteiger charge is -2.22. The Morgan fingerprint density at radius 2 is 1.95 bits per heavy atom. The summed E-state index contributed by atoms with van der Waals surface area (Å²) in [4.78, 5) is 2.39. The van der Waals surface area contributed by atoms with Crippen LogP contribution in [0.25, 0.3) is 0 Å². The number of hydrogen-bond acceptors (Lipinski definition) is 2. The highest BCUT2D eigenvalue weighted by molar-refractivity contribution is 5.53. The van der Waals surface area contributed by atoms with E-state index in [4.69, 9.17) is 0 Å². The summed E-state index contributed by atoms with van der Waals surface area (Å²) in [6, 6.07) is 6.85. The van der Waals surface area contributed by atoms with Gasteiger partial charge >= 0.3 is 0 Å². The Morgan fingerprint density at radius 1 is 1.20 bits per heavy atom. The summed E-state index contributed by atoms with van der Waals surface area (Å²) < 4.78 is 0. The largest absolute Gasteiger partial charge is 0.374 e. The molecule has 2 heteroatoms. The van der Waals surface area contributed by atoms with Crippen LogP contribution in [0.4, 0.5) is 5.69 Å². The van der Waals surface area contributed by atoms with Gasteiger partial charge in [0.05, 0.1) is 0 Å². The molecule has 0 heterocycles. The van der Waals surface area contributed by atoms with Crippen LogP contribution in [0.1, 0.15) is 51.2 Å². The summed E-state index contributed by atoms with van der Waals surface area (Å²) in [5, 5.41) is 3.51. The van der Waals surface area contributed by atoms with Crippen LogP contribution in [0.15, 0.2) is 18.2 Å². The van der Waals surface area contributed by atoms with Crippen LogP contribution in [0.5, 0.6) is 0 Å². The molecule has 0 atom stereocenters. The highest BCUT2D eigenvalue weighted by Gasteiger charge is 2.05. The average molecular weight is 276 g/mol. The van der Waals surface area contributed by atoms with Crippen LogP contribution in [-0.2, 0) is 6.54 Å². The lowest BCUT2D eigenvalue weighted by molar-refractivity contribution is 0.552. The van der Waals surface area contributed by atoms with Gasteiger partial charge < -0.3 is 10.2 Å². The first-order chi connectivity index (χ1) is 9.54. The van der Waals surface area contributed by atoms with E-state index in [1.807, 2.05) is 0 Å². The number of aryl methyl sites for hydroxylation is 1. The molecule has 0 radical (unpaired) electrons. The molecule has 1 aromatic carbocycles. The molecule has 114 valence electrons. The number of nitrogens with zero attached hydrogens (tertiary/aromatic N) is 1.